The van der Waals surface area contributed by atoms with Crippen LogP contribution in [0.3, 0.4) is 0 Å². The molecule has 1 aliphatic rings. The van der Waals surface area contributed by atoms with Crippen molar-refractivity contribution in [2.75, 3.05) is 27.3 Å². The Morgan fingerprint density at radius 3 is 2.52 bits per heavy atom. The minimum Gasteiger partial charge on any atom is -0.493 e. The summed E-state index contributed by atoms with van der Waals surface area (Å²) in [6, 6.07) is 3.07. The van der Waals surface area contributed by atoms with Crippen molar-refractivity contribution in [3.05, 3.63) is 17.7 Å². The van der Waals surface area contributed by atoms with Gasteiger partial charge in [-0.2, -0.15) is 4.31 Å². The van der Waals surface area contributed by atoms with E-state index in [2.05, 4.69) is 6.92 Å². The quantitative estimate of drug-likeness (QED) is 0.883. The van der Waals surface area contributed by atoms with Crippen LogP contribution in [0.5, 0.6) is 11.5 Å². The molecule has 1 aliphatic heterocycles. The molecular formula is C14H22N2O4S. The van der Waals surface area contributed by atoms with Crippen molar-refractivity contribution in [2.45, 2.75) is 24.8 Å². The summed E-state index contributed by atoms with van der Waals surface area (Å²) in [6.07, 6.45) is 0.885. The van der Waals surface area contributed by atoms with Crippen LogP contribution in [-0.2, 0) is 16.6 Å². The van der Waals surface area contributed by atoms with E-state index in [1.807, 2.05) is 0 Å². The van der Waals surface area contributed by atoms with Crippen molar-refractivity contribution in [1.82, 2.24) is 4.31 Å². The fourth-order valence-corrected chi connectivity index (χ4v) is 4.22. The summed E-state index contributed by atoms with van der Waals surface area (Å²) >= 11 is 0. The number of hydrogen-bond acceptors (Lipinski definition) is 5. The maximum Gasteiger partial charge on any atom is 0.243 e. The lowest BCUT2D eigenvalue weighted by molar-refractivity contribution is 0.350. The maximum absolute atomic E-state index is 12.7. The number of methoxy groups -OCH3 is 2. The number of sulfonamides is 1. The second kappa shape index (κ2) is 6.21. The van der Waals surface area contributed by atoms with Crippen LogP contribution in [-0.4, -0.2) is 40.0 Å². The van der Waals surface area contributed by atoms with Crippen LogP contribution >= 0.6 is 0 Å². The van der Waals surface area contributed by atoms with Crippen molar-refractivity contribution in [3.8, 4) is 11.5 Å². The molecule has 1 atom stereocenters. The van der Waals surface area contributed by atoms with E-state index in [-0.39, 0.29) is 11.4 Å². The SMILES string of the molecule is COc1cc(S(=O)(=O)N2CCC(C)C2)cc(CN)c1OC. The molecule has 0 aliphatic carbocycles. The van der Waals surface area contributed by atoms with Gasteiger partial charge in [-0.15, -0.1) is 0 Å². The number of benzene rings is 1. The Labute approximate surface area is 125 Å². The Morgan fingerprint density at radius 2 is 2.05 bits per heavy atom. The van der Waals surface area contributed by atoms with Gasteiger partial charge in [0.2, 0.25) is 10.0 Å². The normalized spacial score (nSPS) is 19.7. The fourth-order valence-electron chi connectivity index (χ4n) is 2.58. The van der Waals surface area contributed by atoms with E-state index >= 15 is 0 Å². The van der Waals surface area contributed by atoms with Gasteiger partial charge in [-0.25, -0.2) is 8.42 Å². The first kappa shape index (κ1) is 16.1. The smallest absolute Gasteiger partial charge is 0.243 e. The topological polar surface area (TPSA) is 81.9 Å². The Morgan fingerprint density at radius 1 is 1.33 bits per heavy atom. The predicted molar refractivity (Wildman–Crippen MR) is 80.0 cm³/mol. The van der Waals surface area contributed by atoms with Gasteiger partial charge in [-0.05, 0) is 18.4 Å². The third-order valence-electron chi connectivity index (χ3n) is 3.77. The van der Waals surface area contributed by atoms with Crippen LogP contribution in [0.2, 0.25) is 0 Å². The van der Waals surface area contributed by atoms with Crippen LogP contribution in [0.4, 0.5) is 0 Å². The van der Waals surface area contributed by atoms with Crippen molar-refractivity contribution in [3.63, 3.8) is 0 Å². The first-order valence-electron chi connectivity index (χ1n) is 6.89. The monoisotopic (exact) mass is 314 g/mol. The van der Waals surface area contributed by atoms with Crippen LogP contribution < -0.4 is 15.2 Å². The minimum atomic E-state index is -3.52. The third-order valence-corrected chi connectivity index (χ3v) is 5.62. The highest BCUT2D eigenvalue weighted by atomic mass is 32.2. The molecule has 0 radical (unpaired) electrons. The molecule has 1 aromatic carbocycles. The molecule has 0 bridgehead atoms. The van der Waals surface area contributed by atoms with Crippen molar-refractivity contribution >= 4 is 10.0 Å². The molecule has 21 heavy (non-hydrogen) atoms. The van der Waals surface area contributed by atoms with Crippen LogP contribution in [0.1, 0.15) is 18.9 Å². The molecule has 118 valence electrons. The molecule has 0 spiro atoms. The highest BCUT2D eigenvalue weighted by molar-refractivity contribution is 7.89. The lowest BCUT2D eigenvalue weighted by Gasteiger charge is -2.19. The Bertz CT molecular complexity index is 590. The van der Waals surface area contributed by atoms with Gasteiger partial charge in [-0.3, -0.25) is 0 Å². The first-order chi connectivity index (χ1) is 9.93. The van der Waals surface area contributed by atoms with E-state index < -0.39 is 10.0 Å². The molecule has 2 N–H and O–H groups in total. The van der Waals surface area contributed by atoms with Gasteiger partial charge in [0.15, 0.2) is 11.5 Å². The highest BCUT2D eigenvalue weighted by Crippen LogP contribution is 2.35. The van der Waals surface area contributed by atoms with E-state index in [1.54, 1.807) is 6.07 Å². The van der Waals surface area contributed by atoms with Gasteiger partial charge in [-0.1, -0.05) is 6.92 Å². The molecule has 0 saturated carbocycles. The summed E-state index contributed by atoms with van der Waals surface area (Å²) in [7, 11) is -0.534. The largest absolute Gasteiger partial charge is 0.493 e. The average molecular weight is 314 g/mol. The first-order valence-corrected chi connectivity index (χ1v) is 8.33. The van der Waals surface area contributed by atoms with Crippen LogP contribution in [0.25, 0.3) is 0 Å². The van der Waals surface area contributed by atoms with Gasteiger partial charge >= 0.3 is 0 Å². The van der Waals surface area contributed by atoms with E-state index in [4.69, 9.17) is 15.2 Å². The van der Waals surface area contributed by atoms with Gasteiger partial charge in [0.25, 0.3) is 0 Å². The zero-order valence-electron chi connectivity index (χ0n) is 12.6. The molecule has 0 amide bonds. The molecule has 1 unspecified atom stereocenters. The number of nitrogens with two attached hydrogens (primary N) is 1. The van der Waals surface area contributed by atoms with Gasteiger partial charge in [0.1, 0.15) is 0 Å². The molecule has 1 fully saturated rings. The molecule has 6 nitrogen and oxygen atoms in total. The molecule has 1 heterocycles. The molecule has 1 saturated heterocycles. The molecule has 7 heteroatoms. The van der Waals surface area contributed by atoms with E-state index in [0.717, 1.165) is 6.42 Å². The van der Waals surface area contributed by atoms with Crippen molar-refractivity contribution in [2.24, 2.45) is 11.7 Å². The van der Waals surface area contributed by atoms with Gasteiger partial charge in [0, 0.05) is 31.3 Å². The lowest BCUT2D eigenvalue weighted by atomic mass is 10.2. The zero-order chi connectivity index (χ0) is 15.6. The molecular weight excluding hydrogens is 292 g/mol. The van der Waals surface area contributed by atoms with E-state index in [9.17, 15) is 8.42 Å². The van der Waals surface area contributed by atoms with Gasteiger partial charge in [0.05, 0.1) is 19.1 Å². The summed E-state index contributed by atoms with van der Waals surface area (Å²) in [5.74, 6) is 1.24. The van der Waals surface area contributed by atoms with Gasteiger partial charge < -0.3 is 15.2 Å². The second-order valence-electron chi connectivity index (χ2n) is 5.28. The molecule has 2 rings (SSSR count). The Hall–Kier alpha value is -1.31. The number of ether oxygens (including phenoxy) is 2. The standard InChI is InChI=1S/C14H22N2O4S/c1-10-4-5-16(9-10)21(17,18)12-6-11(8-15)14(20-3)13(7-12)19-2/h6-7,10H,4-5,8-9,15H2,1-3H3. The van der Waals surface area contributed by atoms with Crippen molar-refractivity contribution < 1.29 is 17.9 Å². The Balaban J connectivity index is 2.48. The maximum atomic E-state index is 12.7. The third kappa shape index (κ3) is 3.00. The number of hydrogen-bond donors (Lipinski definition) is 1. The summed E-state index contributed by atoms with van der Waals surface area (Å²) < 4.78 is 37.4. The summed E-state index contributed by atoms with van der Waals surface area (Å²) in [5, 5.41) is 0. The zero-order valence-corrected chi connectivity index (χ0v) is 13.4. The predicted octanol–water partition coefficient (Wildman–Crippen LogP) is 1.19. The highest BCUT2D eigenvalue weighted by Gasteiger charge is 2.31. The number of rotatable bonds is 5. The second-order valence-corrected chi connectivity index (χ2v) is 7.22. The van der Waals surface area contributed by atoms with Crippen molar-refractivity contribution in [1.29, 1.82) is 0 Å². The fraction of sp³-hybridized carbons (Fsp3) is 0.571. The number of nitrogens with zero attached hydrogens (tertiary/aromatic N) is 1. The molecule has 1 aromatic rings. The summed E-state index contributed by atoms with van der Waals surface area (Å²) in [5.41, 5.74) is 6.31. The summed E-state index contributed by atoms with van der Waals surface area (Å²) in [6.45, 7) is 3.33. The van der Waals surface area contributed by atoms with E-state index in [1.165, 1.54) is 24.6 Å². The van der Waals surface area contributed by atoms with Crippen LogP contribution in [0.15, 0.2) is 17.0 Å². The molecule has 0 aromatic heterocycles. The summed E-state index contributed by atoms with van der Waals surface area (Å²) in [4.78, 5) is 0.203. The lowest BCUT2D eigenvalue weighted by Crippen LogP contribution is -2.28. The Kier molecular flexibility index (Phi) is 4.75. The van der Waals surface area contributed by atoms with E-state index in [0.29, 0.717) is 36.1 Å². The van der Waals surface area contributed by atoms with Crippen LogP contribution in [0, 0.1) is 5.92 Å². The minimum absolute atomic E-state index is 0.180. The average Bonchev–Trinajstić information content (AvgIpc) is 2.92.